The van der Waals surface area contributed by atoms with Crippen LogP contribution >= 0.6 is 15.9 Å². The number of aromatic nitrogens is 2. The molecule has 0 saturated heterocycles. The van der Waals surface area contributed by atoms with Gasteiger partial charge in [-0.05, 0) is 24.6 Å². The Labute approximate surface area is 114 Å². The van der Waals surface area contributed by atoms with Crippen molar-refractivity contribution in [3.8, 4) is 17.1 Å². The van der Waals surface area contributed by atoms with Crippen molar-refractivity contribution in [1.29, 1.82) is 0 Å². The first-order chi connectivity index (χ1) is 8.63. The van der Waals surface area contributed by atoms with E-state index in [0.717, 1.165) is 27.9 Å². The van der Waals surface area contributed by atoms with E-state index in [1.54, 1.807) is 13.2 Å². The first-order valence-electron chi connectivity index (χ1n) is 5.61. The highest BCUT2D eigenvalue weighted by molar-refractivity contribution is 9.10. The minimum atomic E-state index is 0.478. The van der Waals surface area contributed by atoms with Crippen molar-refractivity contribution < 1.29 is 4.74 Å². The van der Waals surface area contributed by atoms with Crippen molar-refractivity contribution in [1.82, 2.24) is 9.97 Å². The molecule has 0 aliphatic carbocycles. The zero-order valence-electron chi connectivity index (χ0n) is 10.3. The number of nitrogens with zero attached hydrogens (tertiary/aromatic N) is 2. The maximum Gasteiger partial charge on any atom is 0.163 e. The van der Waals surface area contributed by atoms with E-state index in [-0.39, 0.29) is 0 Å². The summed E-state index contributed by atoms with van der Waals surface area (Å²) < 4.78 is 6.12. The summed E-state index contributed by atoms with van der Waals surface area (Å²) in [5.41, 5.74) is 7.59. The Hall–Kier alpha value is -1.62. The molecule has 18 heavy (non-hydrogen) atoms. The topological polar surface area (TPSA) is 61.0 Å². The molecule has 0 saturated carbocycles. The van der Waals surface area contributed by atoms with Crippen LogP contribution in [-0.4, -0.2) is 17.1 Å². The number of anilines is 1. The monoisotopic (exact) mass is 307 g/mol. The van der Waals surface area contributed by atoms with E-state index in [1.165, 1.54) is 0 Å². The number of hydrogen-bond acceptors (Lipinski definition) is 4. The lowest BCUT2D eigenvalue weighted by atomic mass is 10.2. The quantitative estimate of drug-likeness (QED) is 0.946. The molecule has 5 heteroatoms. The normalized spacial score (nSPS) is 10.4. The smallest absolute Gasteiger partial charge is 0.163 e. The van der Waals surface area contributed by atoms with E-state index in [1.807, 2.05) is 25.1 Å². The van der Waals surface area contributed by atoms with E-state index in [4.69, 9.17) is 10.5 Å². The Kier molecular flexibility index (Phi) is 3.81. The van der Waals surface area contributed by atoms with Crippen LogP contribution in [0.5, 0.6) is 5.75 Å². The van der Waals surface area contributed by atoms with Gasteiger partial charge in [0.1, 0.15) is 11.6 Å². The molecule has 1 aromatic heterocycles. The second-order valence-corrected chi connectivity index (χ2v) is 4.66. The van der Waals surface area contributed by atoms with Crippen LogP contribution in [0.2, 0.25) is 0 Å². The third-order valence-corrected chi connectivity index (χ3v) is 3.27. The van der Waals surface area contributed by atoms with Crippen molar-refractivity contribution in [3.05, 3.63) is 34.4 Å². The molecule has 1 aromatic carbocycles. The third-order valence-electron chi connectivity index (χ3n) is 2.58. The fourth-order valence-electron chi connectivity index (χ4n) is 1.62. The minimum Gasteiger partial charge on any atom is -0.497 e. The molecular formula is C13H14BrN3O. The Balaban J connectivity index is 2.56. The number of benzene rings is 1. The van der Waals surface area contributed by atoms with Gasteiger partial charge in [0.05, 0.1) is 7.11 Å². The number of ether oxygens (including phenoxy) is 1. The van der Waals surface area contributed by atoms with Crippen LogP contribution in [0.1, 0.15) is 12.6 Å². The first kappa shape index (κ1) is 12.8. The van der Waals surface area contributed by atoms with E-state index in [9.17, 15) is 0 Å². The number of methoxy groups -OCH3 is 1. The van der Waals surface area contributed by atoms with Gasteiger partial charge in [0, 0.05) is 21.8 Å². The van der Waals surface area contributed by atoms with Crippen molar-refractivity contribution in [2.45, 2.75) is 13.3 Å². The summed E-state index contributed by atoms with van der Waals surface area (Å²) in [7, 11) is 1.63. The Morgan fingerprint density at radius 3 is 2.72 bits per heavy atom. The molecule has 0 radical (unpaired) electrons. The van der Waals surface area contributed by atoms with Gasteiger partial charge in [0.25, 0.3) is 0 Å². The van der Waals surface area contributed by atoms with E-state index >= 15 is 0 Å². The van der Waals surface area contributed by atoms with Gasteiger partial charge < -0.3 is 10.5 Å². The lowest BCUT2D eigenvalue weighted by Crippen LogP contribution is -2.00. The van der Waals surface area contributed by atoms with Crippen molar-refractivity contribution in [2.75, 3.05) is 12.8 Å². The standard InChI is InChI=1S/C13H14BrN3O/c1-3-8-6-12(15)17-13(16-8)10-7-9(18-2)4-5-11(10)14/h4-7H,3H2,1-2H3,(H2,15,16,17). The molecule has 2 N–H and O–H groups in total. The second-order valence-electron chi connectivity index (χ2n) is 3.81. The zero-order valence-corrected chi connectivity index (χ0v) is 11.9. The molecule has 0 fully saturated rings. The van der Waals surface area contributed by atoms with Crippen LogP contribution in [0.15, 0.2) is 28.7 Å². The number of hydrogen-bond donors (Lipinski definition) is 1. The second kappa shape index (κ2) is 5.35. The molecular weight excluding hydrogens is 294 g/mol. The van der Waals surface area contributed by atoms with Gasteiger partial charge in [-0.25, -0.2) is 9.97 Å². The van der Waals surface area contributed by atoms with Gasteiger partial charge in [0.15, 0.2) is 5.82 Å². The number of nitrogens with two attached hydrogens (primary N) is 1. The summed E-state index contributed by atoms with van der Waals surface area (Å²) in [4.78, 5) is 8.75. The number of halogens is 1. The Bertz CT molecular complexity index is 572. The highest BCUT2D eigenvalue weighted by atomic mass is 79.9. The van der Waals surface area contributed by atoms with Crippen molar-refractivity contribution in [2.24, 2.45) is 0 Å². The lowest BCUT2D eigenvalue weighted by molar-refractivity contribution is 0.415. The highest BCUT2D eigenvalue weighted by Crippen LogP contribution is 2.30. The molecule has 1 heterocycles. The SMILES string of the molecule is CCc1cc(N)nc(-c2cc(OC)ccc2Br)n1. The predicted molar refractivity (Wildman–Crippen MR) is 75.5 cm³/mol. The Morgan fingerprint density at radius 2 is 2.06 bits per heavy atom. The van der Waals surface area contributed by atoms with Gasteiger partial charge in [-0.1, -0.05) is 22.9 Å². The van der Waals surface area contributed by atoms with Crippen LogP contribution in [-0.2, 0) is 6.42 Å². The predicted octanol–water partition coefficient (Wildman–Crippen LogP) is 3.06. The third kappa shape index (κ3) is 2.61. The number of nitrogen functional groups attached to an aromatic ring is 1. The maximum atomic E-state index is 5.80. The summed E-state index contributed by atoms with van der Waals surface area (Å²) in [5, 5.41) is 0. The van der Waals surface area contributed by atoms with Gasteiger partial charge in [-0.3, -0.25) is 0 Å². The summed E-state index contributed by atoms with van der Waals surface area (Å²) >= 11 is 3.49. The summed E-state index contributed by atoms with van der Waals surface area (Å²) in [6.45, 7) is 2.03. The molecule has 0 unspecified atom stereocenters. The molecule has 4 nitrogen and oxygen atoms in total. The van der Waals surface area contributed by atoms with Gasteiger partial charge in [-0.15, -0.1) is 0 Å². The van der Waals surface area contributed by atoms with Crippen LogP contribution in [0.25, 0.3) is 11.4 Å². The first-order valence-corrected chi connectivity index (χ1v) is 6.40. The van der Waals surface area contributed by atoms with Crippen LogP contribution in [0.3, 0.4) is 0 Å². The molecule has 0 aliphatic rings. The summed E-state index contributed by atoms with van der Waals surface area (Å²) in [6, 6.07) is 7.46. The average Bonchev–Trinajstić information content (AvgIpc) is 2.38. The molecule has 0 atom stereocenters. The molecule has 0 amide bonds. The molecule has 0 spiro atoms. The van der Waals surface area contributed by atoms with Gasteiger partial charge in [0.2, 0.25) is 0 Å². The summed E-state index contributed by atoms with van der Waals surface area (Å²) in [5.74, 6) is 1.85. The fourth-order valence-corrected chi connectivity index (χ4v) is 2.05. The van der Waals surface area contributed by atoms with Crippen LogP contribution in [0.4, 0.5) is 5.82 Å². The van der Waals surface area contributed by atoms with Gasteiger partial charge >= 0.3 is 0 Å². The van der Waals surface area contributed by atoms with E-state index in [2.05, 4.69) is 25.9 Å². The molecule has 94 valence electrons. The van der Waals surface area contributed by atoms with Crippen LogP contribution in [0, 0.1) is 0 Å². The molecule has 2 rings (SSSR count). The highest BCUT2D eigenvalue weighted by Gasteiger charge is 2.09. The Morgan fingerprint density at radius 1 is 1.28 bits per heavy atom. The number of aryl methyl sites for hydroxylation is 1. The average molecular weight is 308 g/mol. The zero-order chi connectivity index (χ0) is 13.1. The van der Waals surface area contributed by atoms with E-state index in [0.29, 0.717) is 11.6 Å². The largest absolute Gasteiger partial charge is 0.497 e. The van der Waals surface area contributed by atoms with Crippen molar-refractivity contribution in [3.63, 3.8) is 0 Å². The lowest BCUT2D eigenvalue weighted by Gasteiger charge is -2.08. The maximum absolute atomic E-state index is 5.80. The molecule has 0 bridgehead atoms. The fraction of sp³-hybridized carbons (Fsp3) is 0.231. The summed E-state index contributed by atoms with van der Waals surface area (Å²) in [6.07, 6.45) is 0.821. The molecule has 0 aliphatic heterocycles. The minimum absolute atomic E-state index is 0.478. The van der Waals surface area contributed by atoms with Crippen molar-refractivity contribution >= 4 is 21.7 Å². The van der Waals surface area contributed by atoms with E-state index < -0.39 is 0 Å². The van der Waals surface area contributed by atoms with Crippen LogP contribution < -0.4 is 10.5 Å². The van der Waals surface area contributed by atoms with Gasteiger partial charge in [-0.2, -0.15) is 0 Å². The molecule has 2 aromatic rings. The number of rotatable bonds is 3.